The fourth-order valence-corrected chi connectivity index (χ4v) is 2.56. The molecule has 4 nitrogen and oxygen atoms in total. The van der Waals surface area contributed by atoms with Gasteiger partial charge in [0.2, 0.25) is 0 Å². The molecule has 0 saturated heterocycles. The summed E-state index contributed by atoms with van der Waals surface area (Å²) in [5.74, 6) is 3.67. The van der Waals surface area contributed by atoms with Crippen molar-refractivity contribution in [3.8, 4) is 11.8 Å². The maximum Gasteiger partial charge on any atom is 0.345 e. The third kappa shape index (κ3) is 2.77. The minimum Gasteiger partial charge on any atom is -0.477 e. The van der Waals surface area contributed by atoms with E-state index in [1.165, 1.54) is 12.1 Å². The van der Waals surface area contributed by atoms with Crippen LogP contribution in [0.3, 0.4) is 0 Å². The summed E-state index contributed by atoms with van der Waals surface area (Å²) in [5, 5.41) is 17.5. The average molecular weight is 278 g/mol. The number of carboxylic acids is 2. The first kappa shape index (κ1) is 12.4. The Kier molecular flexibility index (Phi) is 3.46. The van der Waals surface area contributed by atoms with Crippen molar-refractivity contribution in [1.29, 1.82) is 0 Å². The molecule has 0 fully saturated rings. The summed E-state index contributed by atoms with van der Waals surface area (Å²) in [4.78, 5) is 23.1. The normalized spacial score (nSPS) is 9.56. The van der Waals surface area contributed by atoms with E-state index in [1.54, 1.807) is 12.1 Å². The number of aromatic carboxylic acids is 2. The molecule has 90 valence electrons. The van der Waals surface area contributed by atoms with Crippen LogP contribution in [0.15, 0.2) is 24.3 Å². The Morgan fingerprint density at radius 3 is 1.50 bits per heavy atom. The zero-order valence-electron chi connectivity index (χ0n) is 8.84. The molecule has 0 aliphatic rings. The summed E-state index contributed by atoms with van der Waals surface area (Å²) in [6.45, 7) is 0. The van der Waals surface area contributed by atoms with Crippen molar-refractivity contribution in [2.45, 2.75) is 0 Å². The van der Waals surface area contributed by atoms with Crippen LogP contribution >= 0.6 is 22.7 Å². The lowest BCUT2D eigenvalue weighted by Crippen LogP contribution is -1.89. The summed E-state index contributed by atoms with van der Waals surface area (Å²) >= 11 is 2.18. The van der Waals surface area contributed by atoms with Crippen LogP contribution in [-0.4, -0.2) is 22.2 Å². The standard InChI is InChI=1S/C12H6O4S2/c13-11(14)9-5-3-7(17-9)1-2-8-4-6-10(18-8)12(15)16/h3-6H,(H,13,14)(H,15,16). The first-order valence-corrected chi connectivity index (χ1v) is 6.38. The van der Waals surface area contributed by atoms with Crippen LogP contribution in [0, 0.1) is 11.8 Å². The molecule has 2 aromatic rings. The lowest BCUT2D eigenvalue weighted by atomic mass is 10.4. The van der Waals surface area contributed by atoms with E-state index in [0.717, 1.165) is 22.7 Å². The summed E-state index contributed by atoms with van der Waals surface area (Å²) in [7, 11) is 0. The average Bonchev–Trinajstić information content (AvgIpc) is 2.95. The molecule has 0 saturated carbocycles. The van der Waals surface area contributed by atoms with Crippen molar-refractivity contribution in [2.24, 2.45) is 0 Å². The predicted octanol–water partition coefficient (Wildman–Crippen LogP) is 2.61. The maximum atomic E-state index is 10.7. The zero-order chi connectivity index (χ0) is 13.1. The maximum absolute atomic E-state index is 10.7. The van der Waals surface area contributed by atoms with E-state index < -0.39 is 11.9 Å². The van der Waals surface area contributed by atoms with Crippen LogP contribution < -0.4 is 0 Å². The highest BCUT2D eigenvalue weighted by Gasteiger charge is 2.06. The molecular weight excluding hydrogens is 272 g/mol. The van der Waals surface area contributed by atoms with Gasteiger partial charge < -0.3 is 10.2 Å². The van der Waals surface area contributed by atoms with Crippen LogP contribution in [0.25, 0.3) is 0 Å². The highest BCUT2D eigenvalue weighted by atomic mass is 32.1. The Morgan fingerprint density at radius 2 is 1.22 bits per heavy atom. The number of carboxylic acid groups (broad SMARTS) is 2. The molecule has 0 aromatic carbocycles. The smallest absolute Gasteiger partial charge is 0.345 e. The number of carbonyl (C=O) groups is 2. The second-order valence-electron chi connectivity index (χ2n) is 3.19. The minimum atomic E-state index is -0.975. The molecule has 2 heterocycles. The fourth-order valence-electron chi connectivity index (χ4n) is 1.16. The quantitative estimate of drug-likeness (QED) is 0.828. The highest BCUT2D eigenvalue weighted by Crippen LogP contribution is 2.17. The molecule has 18 heavy (non-hydrogen) atoms. The number of hydrogen-bond acceptors (Lipinski definition) is 4. The van der Waals surface area contributed by atoms with Crippen LogP contribution in [-0.2, 0) is 0 Å². The van der Waals surface area contributed by atoms with Gasteiger partial charge in [0.25, 0.3) is 0 Å². The van der Waals surface area contributed by atoms with E-state index in [9.17, 15) is 9.59 Å². The van der Waals surface area contributed by atoms with Crippen molar-refractivity contribution < 1.29 is 19.8 Å². The van der Waals surface area contributed by atoms with Gasteiger partial charge in [-0.1, -0.05) is 0 Å². The molecule has 0 radical (unpaired) electrons. The van der Waals surface area contributed by atoms with Crippen molar-refractivity contribution in [3.05, 3.63) is 43.8 Å². The Hall–Kier alpha value is -2.10. The second kappa shape index (κ2) is 5.04. The molecule has 0 atom stereocenters. The summed E-state index contributed by atoms with van der Waals surface area (Å²) in [5.41, 5.74) is 0. The topological polar surface area (TPSA) is 74.6 Å². The van der Waals surface area contributed by atoms with E-state index in [2.05, 4.69) is 11.8 Å². The van der Waals surface area contributed by atoms with Crippen molar-refractivity contribution in [2.75, 3.05) is 0 Å². The van der Waals surface area contributed by atoms with Crippen LogP contribution in [0.2, 0.25) is 0 Å². The third-order valence-electron chi connectivity index (χ3n) is 1.94. The molecule has 6 heteroatoms. The van der Waals surface area contributed by atoms with Gasteiger partial charge in [-0.25, -0.2) is 9.59 Å². The zero-order valence-corrected chi connectivity index (χ0v) is 10.5. The largest absolute Gasteiger partial charge is 0.477 e. The second-order valence-corrected chi connectivity index (χ2v) is 5.36. The molecule has 0 aliphatic carbocycles. The summed E-state index contributed by atoms with van der Waals surface area (Å²) in [6.07, 6.45) is 0. The molecule has 0 aliphatic heterocycles. The lowest BCUT2D eigenvalue weighted by molar-refractivity contribution is 0.0691. The van der Waals surface area contributed by atoms with Crippen molar-refractivity contribution in [1.82, 2.24) is 0 Å². The number of rotatable bonds is 2. The summed E-state index contributed by atoms with van der Waals surface area (Å²) < 4.78 is 0. The van der Waals surface area contributed by atoms with Gasteiger partial charge in [-0.05, 0) is 36.1 Å². The van der Waals surface area contributed by atoms with Gasteiger partial charge in [0.15, 0.2) is 0 Å². The van der Waals surface area contributed by atoms with Gasteiger partial charge in [0.1, 0.15) is 9.75 Å². The lowest BCUT2D eigenvalue weighted by Gasteiger charge is -1.82. The monoisotopic (exact) mass is 278 g/mol. The highest BCUT2D eigenvalue weighted by molar-refractivity contribution is 7.15. The Labute approximate surface area is 110 Å². The predicted molar refractivity (Wildman–Crippen MR) is 68.5 cm³/mol. The number of thiophene rings is 2. The van der Waals surface area contributed by atoms with E-state index in [0.29, 0.717) is 9.75 Å². The Bertz CT molecular complexity index is 613. The molecule has 0 spiro atoms. The molecular formula is C12H6O4S2. The third-order valence-corrected chi connectivity index (χ3v) is 3.92. The van der Waals surface area contributed by atoms with Gasteiger partial charge in [-0.3, -0.25) is 0 Å². The van der Waals surface area contributed by atoms with Gasteiger partial charge >= 0.3 is 11.9 Å². The molecule has 0 unspecified atom stereocenters. The Morgan fingerprint density at radius 1 is 0.833 bits per heavy atom. The van der Waals surface area contributed by atoms with Crippen molar-refractivity contribution in [3.63, 3.8) is 0 Å². The molecule has 2 aromatic heterocycles. The van der Waals surface area contributed by atoms with Gasteiger partial charge in [0, 0.05) is 0 Å². The number of hydrogen-bond donors (Lipinski definition) is 2. The van der Waals surface area contributed by atoms with Gasteiger partial charge in [0.05, 0.1) is 9.75 Å². The summed E-state index contributed by atoms with van der Waals surface area (Å²) in [6, 6.07) is 6.25. The van der Waals surface area contributed by atoms with Crippen LogP contribution in [0.5, 0.6) is 0 Å². The first-order valence-electron chi connectivity index (χ1n) is 4.74. The SMILES string of the molecule is O=C(O)c1ccc(C#Cc2ccc(C(=O)O)s2)s1. The van der Waals surface area contributed by atoms with E-state index in [1.807, 2.05) is 0 Å². The molecule has 0 amide bonds. The van der Waals surface area contributed by atoms with Gasteiger partial charge in [-0.2, -0.15) is 0 Å². The molecule has 0 bridgehead atoms. The van der Waals surface area contributed by atoms with Crippen LogP contribution in [0.4, 0.5) is 0 Å². The Balaban J connectivity index is 2.19. The van der Waals surface area contributed by atoms with Crippen molar-refractivity contribution >= 4 is 34.6 Å². The van der Waals surface area contributed by atoms with E-state index >= 15 is 0 Å². The van der Waals surface area contributed by atoms with E-state index in [-0.39, 0.29) is 9.75 Å². The van der Waals surface area contributed by atoms with Gasteiger partial charge in [-0.15, -0.1) is 22.7 Å². The first-order chi connectivity index (χ1) is 8.56. The van der Waals surface area contributed by atoms with Crippen LogP contribution in [0.1, 0.15) is 29.1 Å². The molecule has 2 rings (SSSR count). The fraction of sp³-hybridized carbons (Fsp3) is 0. The molecule has 2 N–H and O–H groups in total. The van der Waals surface area contributed by atoms with E-state index in [4.69, 9.17) is 10.2 Å². The minimum absolute atomic E-state index is 0.233.